The molecule has 0 saturated heterocycles. The van der Waals surface area contributed by atoms with Gasteiger partial charge in [-0.2, -0.15) is 0 Å². The molecule has 1 aromatic heterocycles. The van der Waals surface area contributed by atoms with Crippen molar-refractivity contribution in [3.05, 3.63) is 77.5 Å². The van der Waals surface area contributed by atoms with Gasteiger partial charge in [0, 0.05) is 11.6 Å². The molecule has 0 spiro atoms. The Hall–Kier alpha value is -2.15. The Morgan fingerprint density at radius 1 is 0.632 bits per heavy atom. The lowest BCUT2D eigenvalue weighted by Gasteiger charge is -1.97. The van der Waals surface area contributed by atoms with Crippen LogP contribution in [0.4, 0.5) is 0 Å². The van der Waals surface area contributed by atoms with Crippen LogP contribution in [0.2, 0.25) is 0 Å². The molecule has 3 aromatic rings. The van der Waals surface area contributed by atoms with Crippen LogP contribution in [-0.2, 0) is 0 Å². The molecule has 0 amide bonds. The van der Waals surface area contributed by atoms with Crippen LogP contribution >= 0.6 is 0 Å². The Morgan fingerprint density at radius 3 is 1.79 bits per heavy atom. The van der Waals surface area contributed by atoms with Crippen molar-refractivity contribution in [2.24, 2.45) is 0 Å². The normalized spacial score (nSPS) is 9.84. The maximum atomic E-state index is 4.28. The molecule has 0 fully saturated rings. The number of rotatable bonds is 0. The third-order valence-electron chi connectivity index (χ3n) is 3.26. The summed E-state index contributed by atoms with van der Waals surface area (Å²) >= 11 is 0. The quantitative estimate of drug-likeness (QED) is 0.555. The molecule has 0 aliphatic heterocycles. The molecule has 1 heteroatoms. The molecule has 0 N–H and O–H groups in total. The highest BCUT2D eigenvalue weighted by atomic mass is 14.6. The number of aromatic nitrogens is 1. The summed E-state index contributed by atoms with van der Waals surface area (Å²) in [6.07, 6.45) is 1.83. The van der Waals surface area contributed by atoms with Gasteiger partial charge in [0.15, 0.2) is 0 Å². The van der Waals surface area contributed by atoms with Crippen molar-refractivity contribution in [1.29, 1.82) is 0 Å². The average Bonchev–Trinajstić information content (AvgIpc) is 2.44. The van der Waals surface area contributed by atoms with Gasteiger partial charge >= 0.3 is 0 Å². The summed E-state index contributed by atoms with van der Waals surface area (Å²) in [6.45, 7) is 6.32. The van der Waals surface area contributed by atoms with Crippen molar-refractivity contribution < 1.29 is 0 Å². The molecular weight excluding hydrogens is 230 g/mol. The lowest BCUT2D eigenvalue weighted by Crippen LogP contribution is -1.80. The van der Waals surface area contributed by atoms with Gasteiger partial charge in [-0.25, -0.2) is 0 Å². The number of para-hydroxylation sites is 1. The fourth-order valence-electron chi connectivity index (χ4n) is 1.92. The van der Waals surface area contributed by atoms with E-state index >= 15 is 0 Å². The second kappa shape index (κ2) is 6.14. The van der Waals surface area contributed by atoms with E-state index in [1.54, 1.807) is 0 Å². The van der Waals surface area contributed by atoms with E-state index in [2.05, 4.69) is 74.3 Å². The summed E-state index contributed by atoms with van der Waals surface area (Å²) in [7, 11) is 0. The predicted molar refractivity (Wildman–Crippen MR) is 82.4 cm³/mol. The maximum absolute atomic E-state index is 4.28. The lowest BCUT2D eigenvalue weighted by molar-refractivity contribution is 1.34. The van der Waals surface area contributed by atoms with E-state index in [9.17, 15) is 0 Å². The number of pyridine rings is 1. The van der Waals surface area contributed by atoms with Crippen LogP contribution in [0.3, 0.4) is 0 Å². The molecule has 1 heterocycles. The van der Waals surface area contributed by atoms with Gasteiger partial charge in [-0.05, 0) is 43.5 Å². The molecular formula is C18H19N. The summed E-state index contributed by atoms with van der Waals surface area (Å²) < 4.78 is 0. The van der Waals surface area contributed by atoms with Gasteiger partial charge in [-0.15, -0.1) is 0 Å². The highest BCUT2D eigenvalue weighted by Gasteiger charge is 1.93. The number of hydrogen-bond acceptors (Lipinski definition) is 1. The molecule has 0 unspecified atom stereocenters. The minimum atomic E-state index is 1.11. The van der Waals surface area contributed by atoms with Crippen molar-refractivity contribution >= 4 is 10.9 Å². The first-order chi connectivity index (χ1) is 9.18. The molecule has 0 atom stereocenters. The molecule has 96 valence electrons. The first-order valence-corrected chi connectivity index (χ1v) is 6.51. The number of fused-ring (bicyclic) bond motifs is 1. The first kappa shape index (κ1) is 13.3. The van der Waals surface area contributed by atoms with Crippen LogP contribution in [-0.4, -0.2) is 4.98 Å². The fourth-order valence-corrected chi connectivity index (χ4v) is 1.92. The molecule has 2 aromatic carbocycles. The first-order valence-electron chi connectivity index (χ1n) is 6.51. The van der Waals surface area contributed by atoms with Gasteiger partial charge in [-0.1, -0.05) is 48.5 Å². The molecule has 0 aliphatic carbocycles. The van der Waals surface area contributed by atoms with E-state index in [1.807, 2.05) is 12.3 Å². The zero-order valence-electron chi connectivity index (χ0n) is 11.7. The SMILES string of the molecule is Cc1cccc2cccnc12.Cc1ccccc1C. The molecule has 0 bridgehead atoms. The van der Waals surface area contributed by atoms with E-state index in [4.69, 9.17) is 0 Å². The van der Waals surface area contributed by atoms with E-state index < -0.39 is 0 Å². The number of nitrogens with zero attached hydrogens (tertiary/aromatic N) is 1. The third kappa shape index (κ3) is 3.41. The highest BCUT2D eigenvalue weighted by Crippen LogP contribution is 2.13. The minimum Gasteiger partial charge on any atom is -0.256 e. The summed E-state index contributed by atoms with van der Waals surface area (Å²) in [5.74, 6) is 0. The molecule has 3 rings (SSSR count). The van der Waals surface area contributed by atoms with Crippen molar-refractivity contribution in [2.45, 2.75) is 20.8 Å². The van der Waals surface area contributed by atoms with Gasteiger partial charge in [0.2, 0.25) is 0 Å². The van der Waals surface area contributed by atoms with E-state index in [0.717, 1.165) is 5.52 Å². The van der Waals surface area contributed by atoms with E-state index in [-0.39, 0.29) is 0 Å². The Morgan fingerprint density at radius 2 is 1.21 bits per heavy atom. The standard InChI is InChI=1S/C10H9N.C8H10/c1-8-4-2-5-9-6-3-7-11-10(8)9;1-7-5-3-4-6-8(7)2/h2-7H,1H3;3-6H,1-2H3. The second-order valence-corrected chi connectivity index (χ2v) is 4.73. The van der Waals surface area contributed by atoms with E-state index in [0.29, 0.717) is 0 Å². The van der Waals surface area contributed by atoms with Gasteiger partial charge < -0.3 is 0 Å². The van der Waals surface area contributed by atoms with Gasteiger partial charge in [-0.3, -0.25) is 4.98 Å². The third-order valence-corrected chi connectivity index (χ3v) is 3.26. The number of aryl methyl sites for hydroxylation is 3. The number of hydrogen-bond donors (Lipinski definition) is 0. The smallest absolute Gasteiger partial charge is 0.0731 e. The van der Waals surface area contributed by atoms with Crippen LogP contribution in [0, 0.1) is 20.8 Å². The molecule has 19 heavy (non-hydrogen) atoms. The summed E-state index contributed by atoms with van der Waals surface area (Å²) in [5.41, 5.74) is 5.08. The van der Waals surface area contributed by atoms with Crippen LogP contribution < -0.4 is 0 Å². The average molecular weight is 249 g/mol. The van der Waals surface area contributed by atoms with Gasteiger partial charge in [0.05, 0.1) is 5.52 Å². The highest BCUT2D eigenvalue weighted by molar-refractivity contribution is 5.81. The van der Waals surface area contributed by atoms with Crippen molar-refractivity contribution in [3.63, 3.8) is 0 Å². The zero-order valence-corrected chi connectivity index (χ0v) is 11.7. The molecule has 0 saturated carbocycles. The summed E-state index contributed by atoms with van der Waals surface area (Å²) in [4.78, 5) is 4.28. The Kier molecular flexibility index (Phi) is 4.30. The number of benzene rings is 2. The monoisotopic (exact) mass is 249 g/mol. The van der Waals surface area contributed by atoms with Crippen LogP contribution in [0.5, 0.6) is 0 Å². The Labute approximate surface area is 114 Å². The topological polar surface area (TPSA) is 12.9 Å². The van der Waals surface area contributed by atoms with Crippen molar-refractivity contribution in [2.75, 3.05) is 0 Å². The summed E-state index contributed by atoms with van der Waals surface area (Å²) in [5, 5.41) is 1.22. The van der Waals surface area contributed by atoms with Crippen molar-refractivity contribution in [1.82, 2.24) is 4.98 Å². The Bertz CT molecular complexity index is 645. The van der Waals surface area contributed by atoms with Gasteiger partial charge in [0.25, 0.3) is 0 Å². The lowest BCUT2D eigenvalue weighted by atomic mass is 10.1. The van der Waals surface area contributed by atoms with Crippen molar-refractivity contribution in [3.8, 4) is 0 Å². The minimum absolute atomic E-state index is 1.11. The van der Waals surface area contributed by atoms with Crippen LogP contribution in [0.1, 0.15) is 16.7 Å². The molecule has 0 aliphatic rings. The Balaban J connectivity index is 0.000000148. The predicted octanol–water partition coefficient (Wildman–Crippen LogP) is 4.85. The van der Waals surface area contributed by atoms with Gasteiger partial charge in [0.1, 0.15) is 0 Å². The second-order valence-electron chi connectivity index (χ2n) is 4.73. The van der Waals surface area contributed by atoms with Crippen LogP contribution in [0.15, 0.2) is 60.8 Å². The molecule has 0 radical (unpaired) electrons. The van der Waals surface area contributed by atoms with E-state index in [1.165, 1.54) is 22.1 Å². The van der Waals surface area contributed by atoms with Crippen LogP contribution in [0.25, 0.3) is 10.9 Å². The molecule has 1 nitrogen and oxygen atoms in total. The largest absolute Gasteiger partial charge is 0.256 e. The maximum Gasteiger partial charge on any atom is 0.0731 e. The zero-order chi connectivity index (χ0) is 13.7. The summed E-state index contributed by atoms with van der Waals surface area (Å²) in [6, 6.07) is 18.6. The fraction of sp³-hybridized carbons (Fsp3) is 0.167.